The second-order valence-electron chi connectivity index (χ2n) is 5.91. The topological polar surface area (TPSA) is 137 Å². The zero-order valence-corrected chi connectivity index (χ0v) is 13.2. The minimum Gasteiger partial charge on any atom is -0.394 e. The Morgan fingerprint density at radius 2 is 2.09 bits per heavy atom. The number of aliphatic hydroxyl groups excluding tert-OH is 2. The van der Waals surface area contributed by atoms with E-state index in [0.29, 0.717) is 6.54 Å². The van der Waals surface area contributed by atoms with Crippen molar-refractivity contribution in [3.63, 3.8) is 0 Å². The summed E-state index contributed by atoms with van der Waals surface area (Å²) in [4.78, 5) is 15.9. The molecule has 1 aromatic rings. The van der Waals surface area contributed by atoms with Gasteiger partial charge in [0, 0.05) is 18.2 Å². The molecular weight excluding hydrogens is 300 g/mol. The molecule has 0 radical (unpaired) electrons. The molecular formula is C15H26N4O4. The van der Waals surface area contributed by atoms with E-state index in [1.807, 2.05) is 0 Å². The number of hydrogen-bond acceptors (Lipinski definition) is 7. The minimum absolute atomic E-state index is 0.238. The fourth-order valence-corrected chi connectivity index (χ4v) is 2.78. The first kappa shape index (κ1) is 17.9. The summed E-state index contributed by atoms with van der Waals surface area (Å²) >= 11 is 0. The van der Waals surface area contributed by atoms with Crippen LogP contribution in [0.1, 0.15) is 43.9 Å². The largest absolute Gasteiger partial charge is 0.394 e. The van der Waals surface area contributed by atoms with E-state index in [0.717, 1.165) is 37.7 Å². The Kier molecular flexibility index (Phi) is 6.52. The van der Waals surface area contributed by atoms with Gasteiger partial charge in [-0.1, -0.05) is 12.8 Å². The molecule has 0 aromatic carbocycles. The Morgan fingerprint density at radius 3 is 2.74 bits per heavy atom. The lowest BCUT2D eigenvalue weighted by atomic mass is 10.1. The van der Waals surface area contributed by atoms with Gasteiger partial charge < -0.3 is 26.4 Å². The van der Waals surface area contributed by atoms with Crippen LogP contribution in [-0.2, 0) is 11.2 Å². The second kappa shape index (κ2) is 8.39. The maximum absolute atomic E-state index is 12.0. The maximum Gasteiger partial charge on any atom is 0.351 e. The van der Waals surface area contributed by atoms with Crippen LogP contribution < -0.4 is 17.2 Å². The molecule has 6 N–H and O–H groups in total. The standard InChI is InChI=1S/C15H26N4O4/c16-6-4-2-1-3-5-10-8-19(15(22)18-14(10)17)13-7-11(21)12(9-20)23-13/h8,11-13,20-21H,1-7,9,16H2,(H2,17,18,22)/t11?,12-,13-/m1/s1. The average molecular weight is 326 g/mol. The summed E-state index contributed by atoms with van der Waals surface area (Å²) in [7, 11) is 0. The van der Waals surface area contributed by atoms with E-state index in [1.165, 1.54) is 4.57 Å². The zero-order valence-electron chi connectivity index (χ0n) is 13.2. The van der Waals surface area contributed by atoms with E-state index >= 15 is 0 Å². The fourth-order valence-electron chi connectivity index (χ4n) is 2.78. The van der Waals surface area contributed by atoms with Gasteiger partial charge in [-0.05, 0) is 25.8 Å². The van der Waals surface area contributed by atoms with Gasteiger partial charge in [-0.15, -0.1) is 0 Å². The highest BCUT2D eigenvalue weighted by Crippen LogP contribution is 2.28. The molecule has 1 aliphatic heterocycles. The normalized spacial score (nSPS) is 24.2. The molecule has 2 heterocycles. The lowest BCUT2D eigenvalue weighted by molar-refractivity contribution is -0.0459. The predicted octanol–water partition coefficient (Wildman–Crippen LogP) is -0.472. The van der Waals surface area contributed by atoms with Gasteiger partial charge in [0.1, 0.15) is 18.1 Å². The van der Waals surface area contributed by atoms with Gasteiger partial charge in [0.25, 0.3) is 0 Å². The van der Waals surface area contributed by atoms with Crippen LogP contribution in [0.25, 0.3) is 0 Å². The number of unbranched alkanes of at least 4 members (excludes halogenated alkanes) is 3. The summed E-state index contributed by atoms with van der Waals surface area (Å²) in [5.41, 5.74) is 11.6. The van der Waals surface area contributed by atoms with E-state index < -0.39 is 24.1 Å². The summed E-state index contributed by atoms with van der Waals surface area (Å²) in [6.45, 7) is 0.408. The summed E-state index contributed by atoms with van der Waals surface area (Å²) in [6.07, 6.45) is 4.58. The van der Waals surface area contributed by atoms with E-state index in [9.17, 15) is 9.90 Å². The lowest BCUT2D eigenvalue weighted by Crippen LogP contribution is -2.29. The van der Waals surface area contributed by atoms with Crippen LogP contribution >= 0.6 is 0 Å². The number of ether oxygens (including phenoxy) is 1. The number of aromatic nitrogens is 2. The van der Waals surface area contributed by atoms with Gasteiger partial charge in [-0.3, -0.25) is 4.57 Å². The highest BCUT2D eigenvalue weighted by atomic mass is 16.5. The third-order valence-corrected chi connectivity index (χ3v) is 4.16. The first-order valence-corrected chi connectivity index (χ1v) is 8.08. The van der Waals surface area contributed by atoms with E-state index in [2.05, 4.69) is 4.98 Å². The summed E-state index contributed by atoms with van der Waals surface area (Å²) < 4.78 is 6.86. The number of nitrogen functional groups attached to an aromatic ring is 1. The number of aryl methyl sites for hydroxylation is 1. The predicted molar refractivity (Wildman–Crippen MR) is 85.8 cm³/mol. The molecule has 1 fully saturated rings. The van der Waals surface area contributed by atoms with Crippen LogP contribution in [-0.4, -0.2) is 45.1 Å². The Labute approximate surface area is 135 Å². The van der Waals surface area contributed by atoms with Gasteiger partial charge in [0.15, 0.2) is 0 Å². The molecule has 1 unspecified atom stereocenters. The maximum atomic E-state index is 12.0. The Bertz CT molecular complexity index is 563. The quantitative estimate of drug-likeness (QED) is 0.474. The molecule has 0 bridgehead atoms. The average Bonchev–Trinajstić information content (AvgIpc) is 2.89. The second-order valence-corrected chi connectivity index (χ2v) is 5.91. The van der Waals surface area contributed by atoms with Crippen LogP contribution in [0.4, 0.5) is 5.82 Å². The van der Waals surface area contributed by atoms with Gasteiger partial charge in [-0.2, -0.15) is 4.98 Å². The van der Waals surface area contributed by atoms with Crippen molar-refractivity contribution >= 4 is 5.82 Å². The minimum atomic E-state index is -0.797. The molecule has 1 saturated heterocycles. The lowest BCUT2D eigenvalue weighted by Gasteiger charge is -2.16. The monoisotopic (exact) mass is 326 g/mol. The molecule has 23 heavy (non-hydrogen) atoms. The molecule has 0 spiro atoms. The van der Waals surface area contributed by atoms with Gasteiger partial charge in [-0.25, -0.2) is 4.79 Å². The number of nitrogens with two attached hydrogens (primary N) is 2. The van der Waals surface area contributed by atoms with Crippen LogP contribution in [0.5, 0.6) is 0 Å². The van der Waals surface area contributed by atoms with Crippen LogP contribution in [0, 0.1) is 0 Å². The third kappa shape index (κ3) is 4.51. The fraction of sp³-hybridized carbons (Fsp3) is 0.733. The first-order chi connectivity index (χ1) is 11.1. The number of hydrogen-bond donors (Lipinski definition) is 4. The van der Waals surface area contributed by atoms with Crippen LogP contribution in [0.2, 0.25) is 0 Å². The van der Waals surface area contributed by atoms with E-state index in [-0.39, 0.29) is 18.8 Å². The van der Waals surface area contributed by atoms with Crippen molar-refractivity contribution in [2.45, 2.75) is 57.0 Å². The highest BCUT2D eigenvalue weighted by molar-refractivity contribution is 5.36. The summed E-state index contributed by atoms with van der Waals surface area (Å²) in [5, 5.41) is 18.9. The van der Waals surface area contributed by atoms with Crippen molar-refractivity contribution in [1.29, 1.82) is 0 Å². The van der Waals surface area contributed by atoms with Gasteiger partial charge in [0.05, 0.1) is 12.7 Å². The summed E-state index contributed by atoms with van der Waals surface area (Å²) in [6, 6.07) is 0. The molecule has 8 heteroatoms. The molecule has 0 aliphatic carbocycles. The van der Waals surface area contributed by atoms with Gasteiger partial charge >= 0.3 is 5.69 Å². The molecule has 0 saturated carbocycles. The van der Waals surface area contributed by atoms with Crippen molar-refractivity contribution in [3.8, 4) is 0 Å². The number of rotatable bonds is 8. The molecule has 8 nitrogen and oxygen atoms in total. The molecule has 3 atom stereocenters. The Balaban J connectivity index is 2.06. The third-order valence-electron chi connectivity index (χ3n) is 4.16. The zero-order chi connectivity index (χ0) is 16.8. The number of aliphatic hydroxyl groups is 2. The van der Waals surface area contributed by atoms with E-state index in [4.69, 9.17) is 21.3 Å². The Morgan fingerprint density at radius 1 is 1.35 bits per heavy atom. The van der Waals surface area contributed by atoms with E-state index in [1.54, 1.807) is 6.20 Å². The number of nitrogens with zero attached hydrogens (tertiary/aromatic N) is 2. The highest BCUT2D eigenvalue weighted by Gasteiger charge is 2.35. The van der Waals surface area contributed by atoms with Crippen molar-refractivity contribution in [2.24, 2.45) is 5.73 Å². The molecule has 0 amide bonds. The van der Waals surface area contributed by atoms with Crippen LogP contribution in [0.15, 0.2) is 11.0 Å². The van der Waals surface area contributed by atoms with Gasteiger partial charge in [0.2, 0.25) is 0 Å². The molecule has 1 aromatic heterocycles. The summed E-state index contributed by atoms with van der Waals surface area (Å²) in [5.74, 6) is 0.238. The first-order valence-electron chi connectivity index (χ1n) is 8.08. The van der Waals surface area contributed by atoms with Crippen molar-refractivity contribution in [1.82, 2.24) is 9.55 Å². The van der Waals surface area contributed by atoms with Crippen LogP contribution in [0.3, 0.4) is 0 Å². The molecule has 1 aliphatic rings. The smallest absolute Gasteiger partial charge is 0.351 e. The molecule has 130 valence electrons. The SMILES string of the molecule is NCCCCCCc1cn([C@H]2CC(O)[C@@H](CO)O2)c(=O)nc1N. The molecule has 2 rings (SSSR count). The van der Waals surface area contributed by atoms with Crippen molar-refractivity contribution in [2.75, 3.05) is 18.9 Å². The number of anilines is 1. The van der Waals surface area contributed by atoms with Crippen molar-refractivity contribution < 1.29 is 14.9 Å². The Hall–Kier alpha value is -1.48. The van der Waals surface area contributed by atoms with Crippen molar-refractivity contribution in [3.05, 3.63) is 22.2 Å².